The maximum absolute atomic E-state index is 11.9. The Kier molecular flexibility index (Phi) is 8.68. The molecule has 1 amide bonds. The first kappa shape index (κ1) is 18.5. The lowest BCUT2D eigenvalue weighted by Gasteiger charge is -2.28. The van der Waals surface area contributed by atoms with Gasteiger partial charge in [-0.25, -0.2) is 0 Å². The lowest BCUT2D eigenvalue weighted by atomic mass is 9.92. The summed E-state index contributed by atoms with van der Waals surface area (Å²) in [7, 11) is 3.75. The van der Waals surface area contributed by atoms with E-state index in [1.165, 1.54) is 0 Å². The van der Waals surface area contributed by atoms with Gasteiger partial charge >= 0.3 is 0 Å². The second-order valence-corrected chi connectivity index (χ2v) is 5.50. The standard InChI is InChI=1S/C15H30N4O/c1-7-9-10-11-19(6)14(16-5)18-12-15(3,4)13(20)17-8-2/h7H,1,8-12H2,2-6H3,(H,16,18)(H,17,20). The van der Waals surface area contributed by atoms with Gasteiger partial charge in [0.1, 0.15) is 0 Å². The van der Waals surface area contributed by atoms with Gasteiger partial charge in [0.25, 0.3) is 0 Å². The van der Waals surface area contributed by atoms with E-state index in [4.69, 9.17) is 0 Å². The van der Waals surface area contributed by atoms with Crippen molar-refractivity contribution in [3.63, 3.8) is 0 Å². The highest BCUT2D eigenvalue weighted by molar-refractivity contribution is 5.84. The monoisotopic (exact) mass is 282 g/mol. The fraction of sp³-hybridized carbons (Fsp3) is 0.733. The van der Waals surface area contributed by atoms with E-state index >= 15 is 0 Å². The van der Waals surface area contributed by atoms with Crippen LogP contribution in [0.2, 0.25) is 0 Å². The average Bonchev–Trinajstić information content (AvgIpc) is 2.40. The normalized spacial score (nSPS) is 11.9. The Morgan fingerprint density at radius 1 is 1.40 bits per heavy atom. The van der Waals surface area contributed by atoms with Crippen molar-refractivity contribution in [2.45, 2.75) is 33.6 Å². The van der Waals surface area contributed by atoms with Crippen LogP contribution in [0.3, 0.4) is 0 Å². The Morgan fingerprint density at radius 3 is 2.55 bits per heavy atom. The van der Waals surface area contributed by atoms with E-state index in [1.807, 2.05) is 33.9 Å². The third-order valence-electron chi connectivity index (χ3n) is 3.12. The number of aliphatic imine (C=N–C) groups is 1. The number of carbonyl (C=O) groups is 1. The molecule has 0 spiro atoms. The molecule has 0 aliphatic rings. The summed E-state index contributed by atoms with van der Waals surface area (Å²) >= 11 is 0. The molecule has 0 atom stereocenters. The van der Waals surface area contributed by atoms with Crippen molar-refractivity contribution in [1.29, 1.82) is 0 Å². The molecular formula is C15H30N4O. The summed E-state index contributed by atoms with van der Waals surface area (Å²) in [5, 5.41) is 6.12. The molecule has 2 N–H and O–H groups in total. The van der Waals surface area contributed by atoms with Gasteiger partial charge in [-0.15, -0.1) is 6.58 Å². The van der Waals surface area contributed by atoms with E-state index in [1.54, 1.807) is 7.05 Å². The minimum Gasteiger partial charge on any atom is -0.356 e. The van der Waals surface area contributed by atoms with Crippen LogP contribution in [-0.4, -0.2) is 50.5 Å². The predicted octanol–water partition coefficient (Wildman–Crippen LogP) is 1.62. The summed E-state index contributed by atoms with van der Waals surface area (Å²) in [5.41, 5.74) is -0.464. The molecule has 5 nitrogen and oxygen atoms in total. The van der Waals surface area contributed by atoms with E-state index in [0.29, 0.717) is 13.1 Å². The van der Waals surface area contributed by atoms with Crippen LogP contribution in [0, 0.1) is 5.41 Å². The van der Waals surface area contributed by atoms with E-state index in [-0.39, 0.29) is 5.91 Å². The molecule has 0 aliphatic carbocycles. The van der Waals surface area contributed by atoms with Crippen molar-refractivity contribution in [2.75, 3.05) is 33.7 Å². The van der Waals surface area contributed by atoms with Crippen LogP contribution in [-0.2, 0) is 4.79 Å². The molecule has 0 aromatic carbocycles. The Bertz CT molecular complexity index is 337. The molecule has 5 heteroatoms. The quantitative estimate of drug-likeness (QED) is 0.308. The minimum atomic E-state index is -0.464. The van der Waals surface area contributed by atoms with Gasteiger partial charge in [0.2, 0.25) is 5.91 Å². The Balaban J connectivity index is 4.37. The molecule has 0 aromatic heterocycles. The number of carbonyl (C=O) groups excluding carboxylic acids is 1. The molecule has 20 heavy (non-hydrogen) atoms. The second kappa shape index (κ2) is 9.39. The Labute approximate surface area is 123 Å². The van der Waals surface area contributed by atoms with Crippen molar-refractivity contribution in [3.8, 4) is 0 Å². The molecular weight excluding hydrogens is 252 g/mol. The van der Waals surface area contributed by atoms with Gasteiger partial charge in [-0.05, 0) is 33.6 Å². The van der Waals surface area contributed by atoms with E-state index in [9.17, 15) is 4.79 Å². The highest BCUT2D eigenvalue weighted by Crippen LogP contribution is 2.13. The van der Waals surface area contributed by atoms with Crippen LogP contribution >= 0.6 is 0 Å². The number of nitrogens with one attached hydrogen (secondary N) is 2. The maximum Gasteiger partial charge on any atom is 0.227 e. The smallest absolute Gasteiger partial charge is 0.227 e. The molecule has 0 aromatic rings. The molecule has 0 saturated heterocycles. The lowest BCUT2D eigenvalue weighted by Crippen LogP contribution is -2.48. The number of nitrogens with zero attached hydrogens (tertiary/aromatic N) is 2. The van der Waals surface area contributed by atoms with Gasteiger partial charge in [-0.2, -0.15) is 0 Å². The van der Waals surface area contributed by atoms with E-state index in [0.717, 1.165) is 25.3 Å². The molecule has 0 rings (SSSR count). The molecule has 116 valence electrons. The number of unbranched alkanes of at least 4 members (excludes halogenated alkanes) is 1. The number of amides is 1. The molecule has 0 aliphatic heterocycles. The molecule has 0 saturated carbocycles. The van der Waals surface area contributed by atoms with Crippen molar-refractivity contribution in [2.24, 2.45) is 10.4 Å². The summed E-state index contributed by atoms with van der Waals surface area (Å²) in [5.74, 6) is 0.865. The highest BCUT2D eigenvalue weighted by Gasteiger charge is 2.27. The first-order valence-corrected chi connectivity index (χ1v) is 7.20. The first-order valence-electron chi connectivity index (χ1n) is 7.20. The summed E-state index contributed by atoms with van der Waals surface area (Å²) in [4.78, 5) is 18.2. The topological polar surface area (TPSA) is 56.7 Å². The fourth-order valence-electron chi connectivity index (χ4n) is 1.74. The SMILES string of the molecule is C=CCCCN(C)C(=NC)NCC(C)(C)C(=O)NCC. The van der Waals surface area contributed by atoms with Gasteiger partial charge in [0.15, 0.2) is 5.96 Å². The number of hydrogen-bond acceptors (Lipinski definition) is 2. The van der Waals surface area contributed by atoms with Gasteiger partial charge in [-0.1, -0.05) is 6.08 Å². The van der Waals surface area contributed by atoms with Crippen LogP contribution in [0.15, 0.2) is 17.6 Å². The molecule has 0 unspecified atom stereocenters. The zero-order valence-electron chi connectivity index (χ0n) is 13.6. The van der Waals surface area contributed by atoms with Crippen molar-refractivity contribution >= 4 is 11.9 Å². The van der Waals surface area contributed by atoms with Gasteiger partial charge in [0, 0.05) is 33.7 Å². The molecule has 0 fully saturated rings. The van der Waals surface area contributed by atoms with Crippen molar-refractivity contribution in [3.05, 3.63) is 12.7 Å². The highest BCUT2D eigenvalue weighted by atomic mass is 16.2. The van der Waals surface area contributed by atoms with E-state index < -0.39 is 5.41 Å². The van der Waals surface area contributed by atoms with Crippen LogP contribution in [0.25, 0.3) is 0 Å². The Morgan fingerprint density at radius 2 is 2.05 bits per heavy atom. The predicted molar refractivity (Wildman–Crippen MR) is 85.9 cm³/mol. The molecule has 0 heterocycles. The van der Waals surface area contributed by atoms with Crippen molar-refractivity contribution in [1.82, 2.24) is 15.5 Å². The molecule has 0 bridgehead atoms. The minimum absolute atomic E-state index is 0.0530. The average molecular weight is 282 g/mol. The summed E-state index contributed by atoms with van der Waals surface area (Å²) in [6.07, 6.45) is 3.95. The number of allylic oxidation sites excluding steroid dienone is 1. The largest absolute Gasteiger partial charge is 0.356 e. The van der Waals surface area contributed by atoms with Crippen molar-refractivity contribution < 1.29 is 4.79 Å². The number of rotatable bonds is 8. The van der Waals surface area contributed by atoms with Crippen LogP contribution < -0.4 is 10.6 Å². The zero-order chi connectivity index (χ0) is 15.6. The maximum atomic E-state index is 11.9. The van der Waals surface area contributed by atoms with E-state index in [2.05, 4.69) is 27.1 Å². The molecule has 0 radical (unpaired) electrons. The van der Waals surface area contributed by atoms with Crippen LogP contribution in [0.4, 0.5) is 0 Å². The van der Waals surface area contributed by atoms with Crippen LogP contribution in [0.5, 0.6) is 0 Å². The first-order chi connectivity index (χ1) is 9.38. The number of guanidine groups is 1. The Hall–Kier alpha value is -1.52. The third kappa shape index (κ3) is 6.59. The van der Waals surface area contributed by atoms with Gasteiger partial charge < -0.3 is 15.5 Å². The van der Waals surface area contributed by atoms with Gasteiger partial charge in [-0.3, -0.25) is 9.79 Å². The van der Waals surface area contributed by atoms with Gasteiger partial charge in [0.05, 0.1) is 5.41 Å². The second-order valence-electron chi connectivity index (χ2n) is 5.50. The zero-order valence-corrected chi connectivity index (χ0v) is 13.6. The summed E-state index contributed by atoms with van der Waals surface area (Å²) in [6.45, 7) is 11.6. The fourth-order valence-corrected chi connectivity index (χ4v) is 1.74. The summed E-state index contributed by atoms with van der Waals surface area (Å²) in [6, 6.07) is 0. The lowest BCUT2D eigenvalue weighted by molar-refractivity contribution is -0.128. The summed E-state index contributed by atoms with van der Waals surface area (Å²) < 4.78 is 0. The van der Waals surface area contributed by atoms with Crippen LogP contribution in [0.1, 0.15) is 33.6 Å². The number of hydrogen-bond donors (Lipinski definition) is 2. The third-order valence-corrected chi connectivity index (χ3v) is 3.12.